The van der Waals surface area contributed by atoms with E-state index in [2.05, 4.69) is 152 Å². The van der Waals surface area contributed by atoms with E-state index in [1.165, 1.54) is 27.8 Å². The van der Waals surface area contributed by atoms with Crippen LogP contribution >= 0.6 is 0 Å². The second kappa shape index (κ2) is 11.6. The van der Waals surface area contributed by atoms with Crippen molar-refractivity contribution in [3.05, 3.63) is 187 Å². The van der Waals surface area contributed by atoms with Crippen LogP contribution in [0.2, 0.25) is 0 Å². The third kappa shape index (κ3) is 5.43. The van der Waals surface area contributed by atoms with Crippen LogP contribution in [0, 0.1) is 0 Å². The normalized spacial score (nSPS) is 14.4. The summed E-state index contributed by atoms with van der Waals surface area (Å²) in [5.74, 6) is 1.43. The highest BCUT2D eigenvalue weighted by Crippen LogP contribution is 2.34. The van der Waals surface area contributed by atoms with E-state index in [9.17, 15) is 0 Å². The van der Waals surface area contributed by atoms with Gasteiger partial charge in [0.15, 0.2) is 0 Å². The molecule has 0 bridgehead atoms. The molecule has 42 heavy (non-hydrogen) atoms. The molecule has 0 spiro atoms. The second-order valence-electron chi connectivity index (χ2n) is 10.4. The average molecular weight is 540 g/mol. The molecule has 0 saturated heterocycles. The van der Waals surface area contributed by atoms with Crippen molar-refractivity contribution in [2.45, 2.75) is 6.04 Å². The van der Waals surface area contributed by atoms with Crippen LogP contribution in [-0.2, 0) is 4.74 Å². The fourth-order valence-corrected chi connectivity index (χ4v) is 5.33. The lowest BCUT2D eigenvalue weighted by Crippen LogP contribution is -2.14. The van der Waals surface area contributed by atoms with E-state index in [0.29, 0.717) is 5.90 Å². The fraction of sp³-hybridized carbons (Fsp3) is 0.0250. The van der Waals surface area contributed by atoms with Crippen LogP contribution in [-0.4, -0.2) is 5.90 Å². The Morgan fingerprint density at radius 1 is 0.357 bits per heavy atom. The van der Waals surface area contributed by atoms with Crippen molar-refractivity contribution in [2.24, 2.45) is 4.99 Å². The van der Waals surface area contributed by atoms with Gasteiger partial charge in [-0.1, -0.05) is 152 Å². The topological polar surface area (TPSA) is 21.6 Å². The van der Waals surface area contributed by atoms with Gasteiger partial charge in [0.1, 0.15) is 11.8 Å². The Hall–Kier alpha value is -5.47. The first-order valence-electron chi connectivity index (χ1n) is 14.2. The van der Waals surface area contributed by atoms with Gasteiger partial charge < -0.3 is 4.74 Å². The second-order valence-corrected chi connectivity index (χ2v) is 10.4. The third-order valence-electron chi connectivity index (χ3n) is 7.65. The molecule has 6 aromatic carbocycles. The Kier molecular flexibility index (Phi) is 7.02. The molecule has 0 radical (unpaired) electrons. The quantitative estimate of drug-likeness (QED) is 0.206. The Morgan fingerprint density at radius 3 is 1.17 bits per heavy atom. The summed E-state index contributed by atoms with van der Waals surface area (Å²) in [4.78, 5) is 5.09. The van der Waals surface area contributed by atoms with E-state index < -0.39 is 0 Å². The molecule has 1 unspecified atom stereocenters. The molecule has 2 nitrogen and oxygen atoms in total. The van der Waals surface area contributed by atoms with E-state index in [-0.39, 0.29) is 6.04 Å². The molecule has 1 heterocycles. The number of benzene rings is 6. The molecule has 0 N–H and O–H groups in total. The summed E-state index contributed by atoms with van der Waals surface area (Å²) in [7, 11) is 0. The maximum atomic E-state index is 6.51. The van der Waals surface area contributed by atoms with Crippen molar-refractivity contribution in [1.82, 2.24) is 0 Å². The molecular weight excluding hydrogens is 510 g/mol. The molecule has 6 aromatic rings. The highest BCUT2D eigenvalue weighted by atomic mass is 16.5. The van der Waals surface area contributed by atoms with Gasteiger partial charge in [-0.3, -0.25) is 0 Å². The first-order valence-corrected chi connectivity index (χ1v) is 14.2. The molecule has 0 amide bonds. The smallest absolute Gasteiger partial charge is 0.222 e. The summed E-state index contributed by atoms with van der Waals surface area (Å²) < 4.78 is 6.51. The van der Waals surface area contributed by atoms with E-state index in [1.807, 2.05) is 18.2 Å². The number of hydrogen-bond acceptors (Lipinski definition) is 2. The van der Waals surface area contributed by atoms with Crippen LogP contribution in [0.1, 0.15) is 22.7 Å². The zero-order valence-corrected chi connectivity index (χ0v) is 23.1. The maximum absolute atomic E-state index is 6.51. The molecular formula is C40H29NO. The molecule has 7 rings (SSSR count). The van der Waals surface area contributed by atoms with Crippen LogP contribution in [0.25, 0.3) is 39.1 Å². The van der Waals surface area contributed by atoms with E-state index >= 15 is 0 Å². The standard InChI is InChI=1S/C40H29NO/c1-4-10-29(11-5-1)32-16-22-35(23-17-32)38-28-39(36-24-18-33(19-25-36)30-12-6-2-7-13-30)42-40(41-38)37-26-20-34(21-27-37)31-14-8-3-9-15-31/h1-28,38H. The minimum Gasteiger partial charge on any atom is -0.438 e. The van der Waals surface area contributed by atoms with Gasteiger partial charge >= 0.3 is 0 Å². The summed E-state index contributed by atoms with van der Waals surface area (Å²) in [6.07, 6.45) is 2.12. The summed E-state index contributed by atoms with van der Waals surface area (Å²) in [5.41, 5.74) is 10.2. The summed E-state index contributed by atoms with van der Waals surface area (Å²) >= 11 is 0. The predicted molar refractivity (Wildman–Crippen MR) is 174 cm³/mol. The van der Waals surface area contributed by atoms with Crippen LogP contribution in [0.3, 0.4) is 0 Å². The van der Waals surface area contributed by atoms with Gasteiger partial charge in [0.25, 0.3) is 0 Å². The molecule has 2 heteroatoms. The summed E-state index contributed by atoms with van der Waals surface area (Å²) in [6.45, 7) is 0. The Labute approximate surface area is 246 Å². The number of aliphatic imine (C=N–C) groups is 1. The van der Waals surface area contributed by atoms with Crippen LogP contribution in [0.15, 0.2) is 175 Å². The number of hydrogen-bond donors (Lipinski definition) is 0. The number of nitrogens with zero attached hydrogens (tertiary/aromatic N) is 1. The monoisotopic (exact) mass is 539 g/mol. The zero-order valence-electron chi connectivity index (χ0n) is 23.1. The number of rotatable bonds is 6. The fourth-order valence-electron chi connectivity index (χ4n) is 5.33. The van der Waals surface area contributed by atoms with Crippen LogP contribution in [0.4, 0.5) is 0 Å². The van der Waals surface area contributed by atoms with Crippen LogP contribution < -0.4 is 0 Å². The van der Waals surface area contributed by atoms with Crippen molar-refractivity contribution in [1.29, 1.82) is 0 Å². The third-order valence-corrected chi connectivity index (χ3v) is 7.65. The Morgan fingerprint density at radius 2 is 0.714 bits per heavy atom. The molecule has 200 valence electrons. The van der Waals surface area contributed by atoms with Gasteiger partial charge in [0, 0.05) is 11.1 Å². The Bertz CT molecular complexity index is 1740. The van der Waals surface area contributed by atoms with Crippen molar-refractivity contribution >= 4 is 11.7 Å². The van der Waals surface area contributed by atoms with E-state index in [1.54, 1.807) is 0 Å². The average Bonchev–Trinajstić information content (AvgIpc) is 3.09. The lowest BCUT2D eigenvalue weighted by Gasteiger charge is -2.22. The van der Waals surface area contributed by atoms with Gasteiger partial charge in [-0.15, -0.1) is 0 Å². The summed E-state index contributed by atoms with van der Waals surface area (Å²) in [6, 6.07) is 56.8. The minimum atomic E-state index is -0.170. The first kappa shape index (κ1) is 25.5. The van der Waals surface area contributed by atoms with Gasteiger partial charge in [-0.05, 0) is 57.2 Å². The van der Waals surface area contributed by atoms with Gasteiger partial charge in [0.05, 0.1) is 0 Å². The van der Waals surface area contributed by atoms with E-state index in [4.69, 9.17) is 9.73 Å². The lowest BCUT2D eigenvalue weighted by molar-refractivity contribution is 0.486. The molecule has 0 fully saturated rings. The predicted octanol–water partition coefficient (Wildman–Crippen LogP) is 10.2. The highest BCUT2D eigenvalue weighted by Gasteiger charge is 2.22. The van der Waals surface area contributed by atoms with Crippen molar-refractivity contribution in [2.75, 3.05) is 0 Å². The van der Waals surface area contributed by atoms with Gasteiger partial charge in [-0.25, -0.2) is 4.99 Å². The molecule has 0 saturated carbocycles. The molecule has 1 aliphatic rings. The molecule has 1 aliphatic heterocycles. The van der Waals surface area contributed by atoms with Crippen molar-refractivity contribution < 1.29 is 4.74 Å². The lowest BCUT2D eigenvalue weighted by atomic mass is 9.98. The largest absolute Gasteiger partial charge is 0.438 e. The van der Waals surface area contributed by atoms with Crippen LogP contribution in [0.5, 0.6) is 0 Å². The van der Waals surface area contributed by atoms with Crippen molar-refractivity contribution in [3.63, 3.8) is 0 Å². The van der Waals surface area contributed by atoms with E-state index in [0.717, 1.165) is 28.0 Å². The molecule has 1 atom stereocenters. The molecule has 0 aliphatic carbocycles. The van der Waals surface area contributed by atoms with Gasteiger partial charge in [0.2, 0.25) is 5.90 Å². The maximum Gasteiger partial charge on any atom is 0.222 e. The highest BCUT2D eigenvalue weighted by molar-refractivity contribution is 5.99. The first-order chi connectivity index (χ1) is 20.8. The Balaban J connectivity index is 1.23. The van der Waals surface area contributed by atoms with Crippen molar-refractivity contribution in [3.8, 4) is 33.4 Å². The van der Waals surface area contributed by atoms with Gasteiger partial charge in [-0.2, -0.15) is 0 Å². The molecule has 0 aromatic heterocycles. The SMILES string of the molecule is C1=C(c2ccc(-c3ccccc3)cc2)OC(c2ccc(-c3ccccc3)cc2)=NC1c1ccc(-c2ccccc2)cc1. The number of ether oxygens (including phenoxy) is 1. The minimum absolute atomic E-state index is 0.170. The summed E-state index contributed by atoms with van der Waals surface area (Å²) in [5, 5.41) is 0. The zero-order chi connectivity index (χ0) is 28.1.